The second-order valence-electron chi connectivity index (χ2n) is 4.44. The highest BCUT2D eigenvalue weighted by Crippen LogP contribution is 2.19. The maximum Gasteiger partial charge on any atom is 0.328 e. The molecule has 1 aromatic carbocycles. The molecule has 3 rings (SSSR count). The summed E-state index contributed by atoms with van der Waals surface area (Å²) >= 11 is 0. The van der Waals surface area contributed by atoms with Gasteiger partial charge in [-0.3, -0.25) is 14.8 Å². The van der Waals surface area contributed by atoms with E-state index in [1.165, 1.54) is 0 Å². The van der Waals surface area contributed by atoms with Crippen LogP contribution < -0.4 is 11.2 Å². The monoisotopic (exact) mass is 295 g/mol. The minimum absolute atomic E-state index is 0.0454. The fourth-order valence-corrected chi connectivity index (χ4v) is 2.00. The first-order valence-corrected chi connectivity index (χ1v) is 6.21. The lowest BCUT2D eigenvalue weighted by Gasteiger charge is -1.97. The van der Waals surface area contributed by atoms with Gasteiger partial charge in [0.2, 0.25) is 5.88 Å². The summed E-state index contributed by atoms with van der Waals surface area (Å²) in [5.41, 5.74) is -0.413. The predicted octanol–water partition coefficient (Wildman–Crippen LogP) is 0.709. The van der Waals surface area contributed by atoms with Gasteiger partial charge < -0.3 is 10.1 Å². The quantitative estimate of drug-likeness (QED) is 0.516. The molecule has 0 saturated heterocycles. The molecule has 8 heteroatoms. The van der Waals surface area contributed by atoms with Gasteiger partial charge in [0.1, 0.15) is 17.5 Å². The number of para-hydroxylation sites is 2. The Kier molecular flexibility index (Phi) is 3.08. The Hall–Kier alpha value is -3.60. The number of aromatic hydroxyl groups is 1. The fraction of sp³-hybridized carbons (Fsp3) is 0. The van der Waals surface area contributed by atoms with Crippen LogP contribution in [-0.2, 0) is 0 Å². The smallest absolute Gasteiger partial charge is 0.328 e. The molecular formula is C14H9N5O3. The second kappa shape index (κ2) is 5.06. The fourth-order valence-electron chi connectivity index (χ4n) is 2.00. The van der Waals surface area contributed by atoms with E-state index in [0.29, 0.717) is 5.52 Å². The molecule has 0 aliphatic carbocycles. The summed E-state index contributed by atoms with van der Waals surface area (Å²) in [6.45, 7) is 0. The van der Waals surface area contributed by atoms with Crippen LogP contribution in [0, 0.1) is 11.3 Å². The summed E-state index contributed by atoms with van der Waals surface area (Å²) in [6, 6.07) is 9.10. The number of rotatable bonds is 2. The molecule has 0 aliphatic rings. The first-order chi connectivity index (χ1) is 10.6. The summed E-state index contributed by atoms with van der Waals surface area (Å²) < 4.78 is 0. The molecule has 108 valence electrons. The number of benzene rings is 1. The normalized spacial score (nSPS) is 11.5. The number of allylic oxidation sites excluding steroid dienone is 1. The standard InChI is InChI=1S/C14H9N5O3/c15-6-7(5-8-12(20)18-14(22)19-13(8)21)11-16-9-3-1-2-4-10(9)17-11/h1-5H,(H,16,17)(H3,18,19,20,21,22)/b7-5-. The molecule has 4 N–H and O–H groups in total. The Labute approximate surface area is 122 Å². The SMILES string of the molecule is N#C/C(=C/c1c(O)[nH]c(=O)[nH]c1=O)c1nc2ccccc2[nH]1. The van der Waals surface area contributed by atoms with E-state index in [1.54, 1.807) is 18.2 Å². The molecule has 0 spiro atoms. The minimum Gasteiger partial charge on any atom is -0.494 e. The third kappa shape index (κ3) is 2.27. The Morgan fingerprint density at radius 3 is 2.68 bits per heavy atom. The highest BCUT2D eigenvalue weighted by atomic mass is 16.3. The maximum atomic E-state index is 11.7. The predicted molar refractivity (Wildman–Crippen MR) is 78.9 cm³/mol. The summed E-state index contributed by atoms with van der Waals surface area (Å²) in [5.74, 6) is -0.355. The largest absolute Gasteiger partial charge is 0.494 e. The number of nitrogens with one attached hydrogen (secondary N) is 3. The number of nitrogens with zero attached hydrogens (tertiary/aromatic N) is 2. The van der Waals surface area contributed by atoms with Crippen molar-refractivity contribution in [2.45, 2.75) is 0 Å². The number of aromatic nitrogens is 4. The van der Waals surface area contributed by atoms with Gasteiger partial charge in [0.15, 0.2) is 0 Å². The van der Waals surface area contributed by atoms with E-state index >= 15 is 0 Å². The van der Waals surface area contributed by atoms with Crippen molar-refractivity contribution in [1.29, 1.82) is 5.26 Å². The number of hydrogen-bond acceptors (Lipinski definition) is 5. The molecule has 0 radical (unpaired) electrons. The molecule has 0 unspecified atom stereocenters. The highest BCUT2D eigenvalue weighted by Gasteiger charge is 2.12. The number of H-pyrrole nitrogens is 3. The van der Waals surface area contributed by atoms with Crippen LogP contribution >= 0.6 is 0 Å². The summed E-state index contributed by atoms with van der Waals surface area (Å²) in [7, 11) is 0. The average molecular weight is 295 g/mol. The molecule has 0 aliphatic heterocycles. The summed E-state index contributed by atoms with van der Waals surface area (Å²) in [6.07, 6.45) is 1.15. The minimum atomic E-state index is -0.832. The molecule has 0 amide bonds. The van der Waals surface area contributed by atoms with Gasteiger partial charge in [-0.2, -0.15) is 5.26 Å². The van der Waals surface area contributed by atoms with Gasteiger partial charge in [0, 0.05) is 0 Å². The van der Waals surface area contributed by atoms with Gasteiger partial charge in [-0.25, -0.2) is 9.78 Å². The number of fused-ring (bicyclic) bond motifs is 1. The molecule has 0 bridgehead atoms. The molecule has 0 saturated carbocycles. The van der Waals surface area contributed by atoms with Gasteiger partial charge >= 0.3 is 5.69 Å². The number of hydrogen-bond donors (Lipinski definition) is 4. The van der Waals surface area contributed by atoms with Crippen LogP contribution in [0.25, 0.3) is 22.7 Å². The molecule has 8 nitrogen and oxygen atoms in total. The van der Waals surface area contributed by atoms with Crippen molar-refractivity contribution >= 4 is 22.7 Å². The zero-order chi connectivity index (χ0) is 15.7. The van der Waals surface area contributed by atoms with Crippen LogP contribution in [0.3, 0.4) is 0 Å². The zero-order valence-corrected chi connectivity index (χ0v) is 11.0. The first-order valence-electron chi connectivity index (χ1n) is 6.21. The van der Waals surface area contributed by atoms with E-state index in [1.807, 2.05) is 22.1 Å². The molecule has 2 heterocycles. The van der Waals surface area contributed by atoms with Crippen molar-refractivity contribution < 1.29 is 5.11 Å². The Balaban J connectivity index is 2.18. The maximum absolute atomic E-state index is 11.7. The third-order valence-electron chi connectivity index (χ3n) is 3.01. The molecule has 0 fully saturated rings. The Morgan fingerprint density at radius 2 is 2.00 bits per heavy atom. The molecule has 0 atom stereocenters. The molecular weight excluding hydrogens is 286 g/mol. The van der Waals surface area contributed by atoms with E-state index in [2.05, 4.69) is 9.97 Å². The van der Waals surface area contributed by atoms with Crippen molar-refractivity contribution in [2.75, 3.05) is 0 Å². The summed E-state index contributed by atoms with van der Waals surface area (Å²) in [4.78, 5) is 33.9. The second-order valence-corrected chi connectivity index (χ2v) is 4.44. The number of aromatic amines is 3. The average Bonchev–Trinajstić information content (AvgIpc) is 2.90. The lowest BCUT2D eigenvalue weighted by atomic mass is 10.2. The van der Waals surface area contributed by atoms with E-state index in [4.69, 9.17) is 0 Å². The van der Waals surface area contributed by atoms with Crippen LogP contribution in [0.15, 0.2) is 33.9 Å². The van der Waals surface area contributed by atoms with Crippen molar-refractivity contribution in [3.63, 3.8) is 0 Å². The highest BCUT2D eigenvalue weighted by molar-refractivity contribution is 5.90. The van der Waals surface area contributed by atoms with Crippen molar-refractivity contribution in [1.82, 2.24) is 19.9 Å². The van der Waals surface area contributed by atoms with Gasteiger partial charge in [0.05, 0.1) is 16.6 Å². The Morgan fingerprint density at radius 1 is 1.23 bits per heavy atom. The van der Waals surface area contributed by atoms with E-state index in [-0.39, 0.29) is 17.0 Å². The number of imidazole rings is 1. The molecule has 22 heavy (non-hydrogen) atoms. The van der Waals surface area contributed by atoms with Crippen LogP contribution in [0.5, 0.6) is 5.88 Å². The molecule has 3 aromatic rings. The van der Waals surface area contributed by atoms with Crippen LogP contribution in [0.4, 0.5) is 0 Å². The first kappa shape index (κ1) is 13.4. The van der Waals surface area contributed by atoms with E-state index in [9.17, 15) is 20.0 Å². The van der Waals surface area contributed by atoms with Crippen LogP contribution in [0.2, 0.25) is 0 Å². The Bertz CT molecular complexity index is 1020. The van der Waals surface area contributed by atoms with E-state index < -0.39 is 17.1 Å². The zero-order valence-electron chi connectivity index (χ0n) is 11.0. The van der Waals surface area contributed by atoms with E-state index in [0.717, 1.165) is 11.6 Å². The lowest BCUT2D eigenvalue weighted by Crippen LogP contribution is -2.23. The summed E-state index contributed by atoms with van der Waals surface area (Å²) in [5, 5.41) is 18.9. The lowest BCUT2D eigenvalue weighted by molar-refractivity contribution is 0.447. The van der Waals surface area contributed by atoms with Gasteiger partial charge in [-0.05, 0) is 18.2 Å². The van der Waals surface area contributed by atoms with Crippen molar-refractivity contribution in [3.8, 4) is 11.9 Å². The van der Waals surface area contributed by atoms with Gasteiger partial charge in [-0.1, -0.05) is 12.1 Å². The van der Waals surface area contributed by atoms with Gasteiger partial charge in [-0.15, -0.1) is 0 Å². The van der Waals surface area contributed by atoms with Gasteiger partial charge in [0.25, 0.3) is 5.56 Å². The van der Waals surface area contributed by atoms with Crippen molar-refractivity contribution in [2.24, 2.45) is 0 Å². The van der Waals surface area contributed by atoms with Crippen LogP contribution in [-0.4, -0.2) is 25.0 Å². The third-order valence-corrected chi connectivity index (χ3v) is 3.01. The topological polar surface area (TPSA) is 138 Å². The van der Waals surface area contributed by atoms with Crippen LogP contribution in [0.1, 0.15) is 11.4 Å². The molecule has 2 aromatic heterocycles. The number of nitriles is 1. The van der Waals surface area contributed by atoms with Crippen molar-refractivity contribution in [3.05, 3.63) is 56.5 Å².